The molecule has 5 heteroatoms. The second-order valence-electron chi connectivity index (χ2n) is 2.70. The highest BCUT2D eigenvalue weighted by Crippen LogP contribution is 1.93. The zero-order valence-electron chi connectivity index (χ0n) is 8.35. The molecule has 1 N–H and O–H groups in total. The predicted octanol–water partition coefficient (Wildman–Crippen LogP) is 1.23. The van der Waals surface area contributed by atoms with Crippen LogP contribution in [0.2, 0.25) is 0 Å². The molecule has 0 aromatic carbocycles. The zero-order valence-corrected chi connectivity index (χ0v) is 9.93. The molecule has 0 saturated heterocycles. The Hall–Kier alpha value is -0.580. The number of hydrogen-bond donors (Lipinski definition) is 1. The third kappa shape index (κ3) is 8.04. The first-order valence-corrected chi connectivity index (χ1v) is 5.81. The summed E-state index contributed by atoms with van der Waals surface area (Å²) < 4.78 is 4.71. The van der Waals surface area contributed by atoms with E-state index in [2.05, 4.69) is 21.2 Å². The molecule has 4 nitrogen and oxygen atoms in total. The van der Waals surface area contributed by atoms with Gasteiger partial charge in [-0.1, -0.05) is 15.9 Å². The number of carbonyl (C=O) groups is 2. The van der Waals surface area contributed by atoms with Crippen molar-refractivity contribution in [1.82, 2.24) is 5.32 Å². The maximum absolute atomic E-state index is 11.1. The Labute approximate surface area is 92.5 Å². The zero-order chi connectivity index (χ0) is 10.8. The van der Waals surface area contributed by atoms with E-state index < -0.39 is 0 Å². The van der Waals surface area contributed by atoms with Crippen molar-refractivity contribution in [2.24, 2.45) is 0 Å². The summed E-state index contributed by atoms with van der Waals surface area (Å²) in [6, 6.07) is 0. The maximum atomic E-state index is 11.1. The molecule has 14 heavy (non-hydrogen) atoms. The van der Waals surface area contributed by atoms with Gasteiger partial charge in [0.25, 0.3) is 0 Å². The smallest absolute Gasteiger partial charge is 0.307 e. The SMILES string of the molecule is CCOC(=O)CCNC(=O)CCCBr. The van der Waals surface area contributed by atoms with Crippen LogP contribution in [0.15, 0.2) is 0 Å². The molecule has 0 spiro atoms. The fourth-order valence-electron chi connectivity index (χ4n) is 0.853. The molecule has 0 rings (SSSR count). The number of carbonyl (C=O) groups excluding carboxylic acids is 2. The van der Waals surface area contributed by atoms with Gasteiger partial charge in [0.1, 0.15) is 0 Å². The van der Waals surface area contributed by atoms with Crippen molar-refractivity contribution in [2.45, 2.75) is 26.2 Å². The molecule has 0 aliphatic heterocycles. The van der Waals surface area contributed by atoms with Gasteiger partial charge in [-0.15, -0.1) is 0 Å². The minimum Gasteiger partial charge on any atom is -0.466 e. The molecule has 0 aromatic heterocycles. The molecule has 0 fully saturated rings. The van der Waals surface area contributed by atoms with Gasteiger partial charge in [0.2, 0.25) is 5.91 Å². The summed E-state index contributed by atoms with van der Waals surface area (Å²) in [6.45, 7) is 2.50. The quantitative estimate of drug-likeness (QED) is 0.557. The average Bonchev–Trinajstić information content (AvgIpc) is 2.15. The van der Waals surface area contributed by atoms with Crippen molar-refractivity contribution in [3.05, 3.63) is 0 Å². The van der Waals surface area contributed by atoms with Crippen LogP contribution in [0.3, 0.4) is 0 Å². The Morgan fingerprint density at radius 1 is 1.36 bits per heavy atom. The first-order chi connectivity index (χ1) is 6.70. The molecule has 0 bridgehead atoms. The third-order valence-corrected chi connectivity index (χ3v) is 2.05. The van der Waals surface area contributed by atoms with Gasteiger partial charge in [-0.05, 0) is 13.3 Å². The van der Waals surface area contributed by atoms with Crippen molar-refractivity contribution in [1.29, 1.82) is 0 Å². The fourth-order valence-corrected chi connectivity index (χ4v) is 1.13. The highest BCUT2D eigenvalue weighted by Gasteiger charge is 2.03. The van der Waals surface area contributed by atoms with Gasteiger partial charge in [-0.2, -0.15) is 0 Å². The molecular weight excluding hydrogens is 250 g/mol. The normalized spacial score (nSPS) is 9.57. The Bertz CT molecular complexity index is 185. The Morgan fingerprint density at radius 2 is 2.07 bits per heavy atom. The van der Waals surface area contributed by atoms with Gasteiger partial charge in [0.15, 0.2) is 0 Å². The standard InChI is InChI=1S/C9H16BrNO3/c1-2-14-9(13)5-7-11-8(12)4-3-6-10/h2-7H2,1H3,(H,11,12). The minimum absolute atomic E-state index is 0.0197. The van der Waals surface area contributed by atoms with E-state index in [9.17, 15) is 9.59 Å². The van der Waals surface area contributed by atoms with Gasteiger partial charge >= 0.3 is 5.97 Å². The topological polar surface area (TPSA) is 55.4 Å². The summed E-state index contributed by atoms with van der Waals surface area (Å²) in [7, 11) is 0. The molecular formula is C9H16BrNO3. The lowest BCUT2D eigenvalue weighted by Crippen LogP contribution is -2.26. The number of rotatable bonds is 7. The summed E-state index contributed by atoms with van der Waals surface area (Å²) in [4.78, 5) is 21.9. The van der Waals surface area contributed by atoms with Crippen molar-refractivity contribution in [2.75, 3.05) is 18.5 Å². The van der Waals surface area contributed by atoms with Crippen molar-refractivity contribution in [3.63, 3.8) is 0 Å². The molecule has 0 aromatic rings. The van der Waals surface area contributed by atoms with Gasteiger partial charge < -0.3 is 10.1 Å². The van der Waals surface area contributed by atoms with Crippen molar-refractivity contribution < 1.29 is 14.3 Å². The average molecular weight is 266 g/mol. The summed E-state index contributed by atoms with van der Waals surface area (Å²) in [5.74, 6) is -0.290. The minimum atomic E-state index is -0.270. The largest absolute Gasteiger partial charge is 0.466 e. The van der Waals surface area contributed by atoms with E-state index in [0.717, 1.165) is 11.8 Å². The summed E-state index contributed by atoms with van der Waals surface area (Å²) in [6.07, 6.45) is 1.55. The van der Waals surface area contributed by atoms with E-state index in [4.69, 9.17) is 4.74 Å². The first-order valence-electron chi connectivity index (χ1n) is 4.69. The highest BCUT2D eigenvalue weighted by atomic mass is 79.9. The second-order valence-corrected chi connectivity index (χ2v) is 3.49. The molecule has 0 aliphatic carbocycles. The number of halogens is 1. The van der Waals surface area contributed by atoms with Gasteiger partial charge in [-0.3, -0.25) is 9.59 Å². The van der Waals surface area contributed by atoms with Crippen LogP contribution in [-0.4, -0.2) is 30.4 Å². The first kappa shape index (κ1) is 13.4. The van der Waals surface area contributed by atoms with E-state index in [1.165, 1.54) is 0 Å². The van der Waals surface area contributed by atoms with E-state index in [1.54, 1.807) is 6.92 Å². The van der Waals surface area contributed by atoms with Gasteiger partial charge in [0.05, 0.1) is 13.0 Å². The lowest BCUT2D eigenvalue weighted by atomic mass is 10.3. The maximum Gasteiger partial charge on any atom is 0.307 e. The molecule has 0 aliphatic rings. The van der Waals surface area contributed by atoms with Gasteiger partial charge in [-0.25, -0.2) is 0 Å². The number of ether oxygens (including phenoxy) is 1. The summed E-state index contributed by atoms with van der Waals surface area (Å²) in [5, 5.41) is 3.46. The molecule has 0 saturated carbocycles. The molecule has 0 heterocycles. The lowest BCUT2D eigenvalue weighted by molar-refractivity contribution is -0.143. The Kier molecular flexibility index (Phi) is 8.62. The number of hydrogen-bond acceptors (Lipinski definition) is 3. The molecule has 0 radical (unpaired) electrons. The summed E-state index contributed by atoms with van der Waals surface area (Å²) >= 11 is 3.24. The fraction of sp³-hybridized carbons (Fsp3) is 0.778. The monoisotopic (exact) mass is 265 g/mol. The lowest BCUT2D eigenvalue weighted by Gasteiger charge is -2.03. The van der Waals surface area contributed by atoms with Crippen LogP contribution in [0.4, 0.5) is 0 Å². The second kappa shape index (κ2) is 8.99. The Balaban J connectivity index is 3.34. The predicted molar refractivity (Wildman–Crippen MR) is 57.3 cm³/mol. The van der Waals surface area contributed by atoms with Crippen LogP contribution >= 0.6 is 15.9 Å². The van der Waals surface area contributed by atoms with Crippen LogP contribution in [0.25, 0.3) is 0 Å². The molecule has 0 atom stereocenters. The molecule has 1 amide bonds. The number of amides is 1. The Morgan fingerprint density at radius 3 is 2.64 bits per heavy atom. The number of nitrogens with one attached hydrogen (secondary N) is 1. The van der Waals surface area contributed by atoms with Crippen molar-refractivity contribution >= 4 is 27.8 Å². The van der Waals surface area contributed by atoms with E-state index in [0.29, 0.717) is 19.6 Å². The van der Waals surface area contributed by atoms with Crippen molar-refractivity contribution in [3.8, 4) is 0 Å². The van der Waals surface area contributed by atoms with Crippen LogP contribution in [0.5, 0.6) is 0 Å². The third-order valence-electron chi connectivity index (χ3n) is 1.49. The van der Waals surface area contributed by atoms with E-state index in [1.807, 2.05) is 0 Å². The number of esters is 1. The van der Waals surface area contributed by atoms with E-state index >= 15 is 0 Å². The molecule has 0 unspecified atom stereocenters. The van der Waals surface area contributed by atoms with Crippen LogP contribution in [-0.2, 0) is 14.3 Å². The highest BCUT2D eigenvalue weighted by molar-refractivity contribution is 9.09. The summed E-state index contributed by atoms with van der Waals surface area (Å²) in [5.41, 5.74) is 0. The molecule has 82 valence electrons. The number of alkyl halides is 1. The van der Waals surface area contributed by atoms with Crippen LogP contribution < -0.4 is 5.32 Å². The van der Waals surface area contributed by atoms with E-state index in [-0.39, 0.29) is 18.3 Å². The van der Waals surface area contributed by atoms with Crippen LogP contribution in [0, 0.1) is 0 Å². The van der Waals surface area contributed by atoms with Gasteiger partial charge in [0, 0.05) is 18.3 Å². The van der Waals surface area contributed by atoms with Crippen LogP contribution in [0.1, 0.15) is 26.2 Å².